The Bertz CT molecular complexity index is 801. The third kappa shape index (κ3) is 3.31. The van der Waals surface area contributed by atoms with Crippen LogP contribution in [0.1, 0.15) is 5.76 Å². The molecule has 0 atom stereocenters. The first kappa shape index (κ1) is 14.6. The Morgan fingerprint density at radius 1 is 1.13 bits per heavy atom. The van der Waals surface area contributed by atoms with Gasteiger partial charge in [-0.15, -0.1) is 0 Å². The predicted octanol–water partition coefficient (Wildman–Crippen LogP) is 2.90. The topological polar surface area (TPSA) is 108 Å². The number of rotatable bonds is 5. The lowest BCUT2D eigenvalue weighted by Crippen LogP contribution is -2.03. The van der Waals surface area contributed by atoms with E-state index >= 15 is 0 Å². The van der Waals surface area contributed by atoms with E-state index in [-0.39, 0.29) is 11.6 Å². The molecule has 0 spiro atoms. The summed E-state index contributed by atoms with van der Waals surface area (Å²) in [6, 6.07) is 8.81. The number of nitrogens with zero attached hydrogens (tertiary/aromatic N) is 3. The summed E-state index contributed by atoms with van der Waals surface area (Å²) in [4.78, 5) is 8.13. The maximum Gasteiger partial charge on any atom is 0.248 e. The molecule has 0 saturated heterocycles. The third-order valence-corrected chi connectivity index (χ3v) is 3.00. The average Bonchev–Trinajstić information content (AvgIpc) is 2.97. The van der Waals surface area contributed by atoms with Crippen molar-refractivity contribution in [2.75, 3.05) is 18.2 Å². The summed E-state index contributed by atoms with van der Waals surface area (Å²) >= 11 is 0. The molecule has 3 N–H and O–H groups in total. The van der Waals surface area contributed by atoms with Gasteiger partial charge in [-0.25, -0.2) is 4.98 Å². The third-order valence-electron chi connectivity index (χ3n) is 3.00. The summed E-state index contributed by atoms with van der Waals surface area (Å²) < 4.78 is 15.8. The van der Waals surface area contributed by atoms with Gasteiger partial charge in [0.1, 0.15) is 29.3 Å². The van der Waals surface area contributed by atoms with Crippen molar-refractivity contribution in [2.45, 2.75) is 6.92 Å². The van der Waals surface area contributed by atoms with Gasteiger partial charge in [0.15, 0.2) is 11.6 Å². The molecule has 118 valence electrons. The van der Waals surface area contributed by atoms with Gasteiger partial charge < -0.3 is 25.0 Å². The summed E-state index contributed by atoms with van der Waals surface area (Å²) in [5.41, 5.74) is 6.31. The van der Waals surface area contributed by atoms with Crippen LogP contribution in [0.3, 0.4) is 0 Å². The first-order valence-corrected chi connectivity index (χ1v) is 6.78. The molecule has 0 unspecified atom stereocenters. The van der Waals surface area contributed by atoms with Crippen LogP contribution in [0.5, 0.6) is 17.4 Å². The van der Waals surface area contributed by atoms with E-state index in [2.05, 4.69) is 20.4 Å². The van der Waals surface area contributed by atoms with Gasteiger partial charge in [-0.1, -0.05) is 5.16 Å². The molecule has 1 aromatic carbocycles. The molecule has 23 heavy (non-hydrogen) atoms. The summed E-state index contributed by atoms with van der Waals surface area (Å²) in [6.07, 6.45) is 1.35. The quantitative estimate of drug-likeness (QED) is 0.740. The van der Waals surface area contributed by atoms with Crippen molar-refractivity contribution in [1.29, 1.82) is 0 Å². The number of nitrogens with one attached hydrogen (secondary N) is 1. The monoisotopic (exact) mass is 313 g/mol. The van der Waals surface area contributed by atoms with E-state index < -0.39 is 0 Å². The van der Waals surface area contributed by atoms with Crippen LogP contribution in [0.2, 0.25) is 0 Å². The van der Waals surface area contributed by atoms with Crippen LogP contribution in [0.15, 0.2) is 41.2 Å². The number of aryl methyl sites for hydroxylation is 1. The van der Waals surface area contributed by atoms with Crippen molar-refractivity contribution < 1.29 is 14.0 Å². The molecular formula is C15H15N5O3. The fourth-order valence-electron chi connectivity index (χ4n) is 1.86. The summed E-state index contributed by atoms with van der Waals surface area (Å²) in [6.45, 7) is 1.79. The van der Waals surface area contributed by atoms with E-state index in [4.69, 9.17) is 19.7 Å². The molecule has 0 aliphatic rings. The number of methoxy groups -OCH3 is 1. The number of hydrogen-bond acceptors (Lipinski definition) is 8. The van der Waals surface area contributed by atoms with Gasteiger partial charge in [0.25, 0.3) is 0 Å². The predicted molar refractivity (Wildman–Crippen MR) is 84.0 cm³/mol. The molecule has 0 fully saturated rings. The first-order valence-electron chi connectivity index (χ1n) is 6.78. The molecular weight excluding hydrogens is 298 g/mol. The molecule has 0 radical (unpaired) electrons. The van der Waals surface area contributed by atoms with Gasteiger partial charge in [-0.05, 0) is 31.2 Å². The number of ether oxygens (including phenoxy) is 2. The zero-order valence-corrected chi connectivity index (χ0v) is 12.6. The standard InChI is InChI=1S/C15H15N5O3/c1-9-7-12(20-23-9)19-14-13(16)15(18-8-17-14)22-11-5-3-10(21-2)4-6-11/h3-8H,16H2,1-2H3,(H,17,18,19,20). The van der Waals surface area contributed by atoms with E-state index in [9.17, 15) is 0 Å². The molecule has 8 nitrogen and oxygen atoms in total. The van der Waals surface area contributed by atoms with Crippen molar-refractivity contribution in [1.82, 2.24) is 15.1 Å². The minimum Gasteiger partial charge on any atom is -0.497 e. The van der Waals surface area contributed by atoms with Crippen molar-refractivity contribution in [2.24, 2.45) is 0 Å². The Kier molecular flexibility index (Phi) is 3.96. The number of nitrogens with two attached hydrogens (primary N) is 1. The lowest BCUT2D eigenvalue weighted by Gasteiger charge is -2.10. The smallest absolute Gasteiger partial charge is 0.248 e. The van der Waals surface area contributed by atoms with Gasteiger partial charge in [0.2, 0.25) is 5.88 Å². The van der Waals surface area contributed by atoms with Crippen LogP contribution in [0, 0.1) is 6.92 Å². The Balaban J connectivity index is 1.81. The van der Waals surface area contributed by atoms with Crippen LogP contribution < -0.4 is 20.5 Å². The second-order valence-electron chi connectivity index (χ2n) is 4.67. The van der Waals surface area contributed by atoms with E-state index in [0.717, 1.165) is 5.75 Å². The minimum absolute atomic E-state index is 0.243. The molecule has 8 heteroatoms. The Labute approximate surface area is 132 Å². The second kappa shape index (κ2) is 6.22. The highest BCUT2D eigenvalue weighted by atomic mass is 16.5. The SMILES string of the molecule is COc1ccc(Oc2ncnc(Nc3cc(C)on3)c2N)cc1. The molecule has 2 aromatic heterocycles. The largest absolute Gasteiger partial charge is 0.497 e. The van der Waals surface area contributed by atoms with E-state index in [1.807, 2.05) is 0 Å². The fourth-order valence-corrected chi connectivity index (χ4v) is 1.86. The minimum atomic E-state index is 0.243. The summed E-state index contributed by atoms with van der Waals surface area (Å²) in [5, 5.41) is 6.78. The Morgan fingerprint density at radius 3 is 2.52 bits per heavy atom. The highest BCUT2D eigenvalue weighted by molar-refractivity contribution is 5.71. The average molecular weight is 313 g/mol. The van der Waals surface area contributed by atoms with E-state index in [1.54, 1.807) is 44.4 Å². The number of nitrogen functional groups attached to an aromatic ring is 1. The van der Waals surface area contributed by atoms with Gasteiger partial charge in [-0.2, -0.15) is 4.98 Å². The molecule has 0 aliphatic carbocycles. The number of hydrogen-bond donors (Lipinski definition) is 2. The van der Waals surface area contributed by atoms with Crippen LogP contribution in [0.4, 0.5) is 17.3 Å². The van der Waals surface area contributed by atoms with E-state index in [0.29, 0.717) is 23.1 Å². The molecule has 0 amide bonds. The number of benzene rings is 1. The fraction of sp³-hybridized carbons (Fsp3) is 0.133. The molecule has 0 aliphatic heterocycles. The van der Waals surface area contributed by atoms with Crippen LogP contribution >= 0.6 is 0 Å². The van der Waals surface area contributed by atoms with Crippen LogP contribution in [0.25, 0.3) is 0 Å². The highest BCUT2D eigenvalue weighted by Crippen LogP contribution is 2.31. The van der Waals surface area contributed by atoms with Crippen LogP contribution in [-0.2, 0) is 0 Å². The maximum atomic E-state index is 6.05. The lowest BCUT2D eigenvalue weighted by atomic mass is 10.3. The van der Waals surface area contributed by atoms with Gasteiger partial charge in [0.05, 0.1) is 7.11 Å². The summed E-state index contributed by atoms with van der Waals surface area (Å²) in [7, 11) is 1.60. The zero-order chi connectivity index (χ0) is 16.2. The van der Waals surface area contributed by atoms with Gasteiger partial charge in [0, 0.05) is 6.07 Å². The van der Waals surface area contributed by atoms with Crippen molar-refractivity contribution in [3.05, 3.63) is 42.4 Å². The van der Waals surface area contributed by atoms with Crippen molar-refractivity contribution >= 4 is 17.3 Å². The second-order valence-corrected chi connectivity index (χ2v) is 4.67. The molecule has 2 heterocycles. The number of aromatic nitrogens is 3. The summed E-state index contributed by atoms with van der Waals surface area (Å²) in [5.74, 6) is 3.12. The molecule has 0 saturated carbocycles. The number of anilines is 3. The van der Waals surface area contributed by atoms with Crippen molar-refractivity contribution in [3.63, 3.8) is 0 Å². The molecule has 3 aromatic rings. The first-order chi connectivity index (χ1) is 11.2. The molecule has 0 bridgehead atoms. The van der Waals surface area contributed by atoms with Crippen molar-refractivity contribution in [3.8, 4) is 17.4 Å². The molecule has 3 rings (SSSR count). The van der Waals surface area contributed by atoms with Gasteiger partial charge >= 0.3 is 0 Å². The normalized spacial score (nSPS) is 10.3. The highest BCUT2D eigenvalue weighted by Gasteiger charge is 2.12. The Hall–Kier alpha value is -3.29. The zero-order valence-electron chi connectivity index (χ0n) is 12.6. The van der Waals surface area contributed by atoms with Gasteiger partial charge in [-0.3, -0.25) is 0 Å². The van der Waals surface area contributed by atoms with Crippen LogP contribution in [-0.4, -0.2) is 22.2 Å². The maximum absolute atomic E-state index is 6.05. The lowest BCUT2D eigenvalue weighted by molar-refractivity contribution is 0.400. The van der Waals surface area contributed by atoms with E-state index in [1.165, 1.54) is 6.33 Å². The Morgan fingerprint density at radius 2 is 1.87 bits per heavy atom.